The lowest BCUT2D eigenvalue weighted by atomic mass is 9.87. The van der Waals surface area contributed by atoms with Crippen LogP contribution in [0.3, 0.4) is 0 Å². The third kappa shape index (κ3) is 8.23. The van der Waals surface area contributed by atoms with Gasteiger partial charge in [0.1, 0.15) is 5.82 Å². The van der Waals surface area contributed by atoms with Gasteiger partial charge in [0, 0.05) is 29.8 Å². The van der Waals surface area contributed by atoms with Gasteiger partial charge in [-0.25, -0.2) is 4.39 Å². The summed E-state index contributed by atoms with van der Waals surface area (Å²) in [5.74, 6) is -1.27. The second-order valence-electron chi connectivity index (χ2n) is 9.43. The number of aliphatic hydroxyl groups is 2. The van der Waals surface area contributed by atoms with E-state index < -0.39 is 24.6 Å². The van der Waals surface area contributed by atoms with Crippen LogP contribution in [0.5, 0.6) is 0 Å². The summed E-state index contributed by atoms with van der Waals surface area (Å²) in [5.41, 5.74) is 5.15. The van der Waals surface area contributed by atoms with E-state index in [4.69, 9.17) is 14.8 Å². The number of carbonyl (C=O) groups is 1. The molecule has 2 unspecified atom stereocenters. The van der Waals surface area contributed by atoms with E-state index in [9.17, 15) is 19.4 Å². The van der Waals surface area contributed by atoms with Crippen LogP contribution in [0.15, 0.2) is 30.3 Å². The number of hydrogen-bond donors (Lipinski definition) is 3. The fraction of sp³-hybridized carbons (Fsp3) is 0.500. The van der Waals surface area contributed by atoms with E-state index in [0.717, 1.165) is 40.1 Å². The molecule has 2 atom stereocenters. The van der Waals surface area contributed by atoms with Gasteiger partial charge < -0.3 is 20.1 Å². The highest BCUT2D eigenvalue weighted by atomic mass is 19.1. The molecule has 0 bridgehead atoms. The minimum absolute atomic E-state index is 0.0618. The van der Waals surface area contributed by atoms with Crippen molar-refractivity contribution in [3.05, 3.63) is 58.7 Å². The van der Waals surface area contributed by atoms with Gasteiger partial charge in [0.2, 0.25) is 0 Å². The van der Waals surface area contributed by atoms with Gasteiger partial charge in [-0.3, -0.25) is 9.78 Å². The predicted octanol–water partition coefficient (Wildman–Crippen LogP) is 5.66. The third-order valence-electron chi connectivity index (χ3n) is 5.63. The zero-order valence-corrected chi connectivity index (χ0v) is 21.3. The first-order valence-electron chi connectivity index (χ1n) is 12.2. The van der Waals surface area contributed by atoms with Gasteiger partial charge in [0.25, 0.3) is 0 Å². The van der Waals surface area contributed by atoms with Crippen LogP contribution in [0.25, 0.3) is 17.2 Å². The van der Waals surface area contributed by atoms with Crippen LogP contribution in [-0.4, -0.2) is 45.1 Å². The van der Waals surface area contributed by atoms with E-state index in [2.05, 4.69) is 13.8 Å². The molecule has 35 heavy (non-hydrogen) atoms. The van der Waals surface area contributed by atoms with Crippen LogP contribution in [-0.2, 0) is 16.1 Å². The van der Waals surface area contributed by atoms with Crippen molar-refractivity contribution in [1.29, 1.82) is 0 Å². The molecule has 0 fully saturated rings. The molecule has 2 aromatic rings. The second-order valence-corrected chi connectivity index (χ2v) is 9.43. The number of ether oxygens (including phenoxy) is 1. The molecule has 0 amide bonds. The Morgan fingerprint density at radius 1 is 1.09 bits per heavy atom. The van der Waals surface area contributed by atoms with Crippen LogP contribution >= 0.6 is 0 Å². The summed E-state index contributed by atoms with van der Waals surface area (Å²) in [4.78, 5) is 15.9. The van der Waals surface area contributed by atoms with Gasteiger partial charge in [-0.1, -0.05) is 58.9 Å². The first kappa shape index (κ1) is 28.6. The number of pyridine rings is 1. The Balaban J connectivity index is 2.69. The minimum atomic E-state index is -1.16. The Labute approximate surface area is 207 Å². The molecule has 0 aliphatic rings. The highest BCUT2D eigenvalue weighted by Crippen LogP contribution is 2.38. The van der Waals surface area contributed by atoms with Crippen molar-refractivity contribution in [1.82, 2.24) is 4.98 Å². The Morgan fingerprint density at radius 2 is 1.71 bits per heavy atom. The lowest BCUT2D eigenvalue weighted by Gasteiger charge is -2.24. The average molecular weight is 488 g/mol. The number of benzene rings is 1. The molecule has 1 heterocycles. The van der Waals surface area contributed by atoms with Crippen LogP contribution in [0.1, 0.15) is 88.2 Å². The van der Waals surface area contributed by atoms with Crippen molar-refractivity contribution >= 4 is 12.0 Å². The fourth-order valence-corrected chi connectivity index (χ4v) is 4.02. The first-order chi connectivity index (χ1) is 16.5. The molecule has 2 rings (SSSR count). The molecular formula is C28H38FNO5. The highest BCUT2D eigenvalue weighted by Gasteiger charge is 2.23. The number of carboxylic acids is 1. The molecular weight excluding hydrogens is 449 g/mol. The molecule has 1 aromatic heterocycles. The average Bonchev–Trinajstić information content (AvgIpc) is 2.77. The molecule has 3 N–H and O–H groups in total. The largest absolute Gasteiger partial charge is 0.481 e. The van der Waals surface area contributed by atoms with E-state index in [0.29, 0.717) is 13.2 Å². The summed E-state index contributed by atoms with van der Waals surface area (Å²) in [5, 5.41) is 29.3. The second kappa shape index (κ2) is 13.5. The van der Waals surface area contributed by atoms with Gasteiger partial charge in [0.05, 0.1) is 30.9 Å². The highest BCUT2D eigenvalue weighted by molar-refractivity contribution is 5.80. The summed E-state index contributed by atoms with van der Waals surface area (Å²) in [6.07, 6.45) is 1.45. The van der Waals surface area contributed by atoms with E-state index in [1.807, 2.05) is 20.8 Å². The van der Waals surface area contributed by atoms with Crippen molar-refractivity contribution in [3.63, 3.8) is 0 Å². The van der Waals surface area contributed by atoms with Crippen LogP contribution in [0.2, 0.25) is 0 Å². The van der Waals surface area contributed by atoms with E-state index in [-0.39, 0.29) is 24.1 Å². The molecule has 1 aromatic carbocycles. The number of aliphatic carboxylic acids is 1. The molecule has 192 valence electrons. The number of rotatable bonds is 13. The number of carboxylic acid groups (broad SMARTS) is 1. The summed E-state index contributed by atoms with van der Waals surface area (Å²) in [6.45, 7) is 11.2. The molecule has 6 nitrogen and oxygen atoms in total. The maximum atomic E-state index is 13.8. The maximum absolute atomic E-state index is 13.8. The number of hydrogen-bond acceptors (Lipinski definition) is 5. The molecule has 0 aliphatic carbocycles. The van der Waals surface area contributed by atoms with Crippen LogP contribution in [0.4, 0.5) is 4.39 Å². The van der Waals surface area contributed by atoms with Crippen molar-refractivity contribution in [2.24, 2.45) is 0 Å². The van der Waals surface area contributed by atoms with Crippen LogP contribution < -0.4 is 0 Å². The number of aliphatic hydroxyl groups excluding tert-OH is 2. The molecule has 0 saturated carbocycles. The number of nitrogens with zero attached hydrogens (tertiary/aromatic N) is 1. The lowest BCUT2D eigenvalue weighted by molar-refractivity contribution is -0.139. The maximum Gasteiger partial charge on any atom is 0.305 e. The van der Waals surface area contributed by atoms with E-state index in [1.165, 1.54) is 12.1 Å². The zero-order valence-electron chi connectivity index (χ0n) is 21.3. The predicted molar refractivity (Wildman–Crippen MR) is 136 cm³/mol. The zero-order chi connectivity index (χ0) is 26.1. The Hall–Kier alpha value is -2.61. The SMILES string of the molecule is CCCOCc1c(C(C)C)nc(C(C)C)c(C=CC(O)CC(O)CC(=O)O)c1-c1ccc(F)cc1. The summed E-state index contributed by atoms with van der Waals surface area (Å²) < 4.78 is 19.7. The molecule has 0 spiro atoms. The van der Waals surface area contributed by atoms with Crippen molar-refractivity contribution < 1.29 is 29.2 Å². The first-order valence-corrected chi connectivity index (χ1v) is 12.2. The number of aromatic nitrogens is 1. The van der Waals surface area contributed by atoms with Crippen molar-refractivity contribution in [2.75, 3.05) is 6.61 Å². The molecule has 0 saturated heterocycles. The number of halogens is 1. The van der Waals surface area contributed by atoms with Gasteiger partial charge in [0.15, 0.2) is 0 Å². The van der Waals surface area contributed by atoms with Crippen LogP contribution in [0, 0.1) is 5.82 Å². The van der Waals surface area contributed by atoms with Crippen molar-refractivity contribution in [2.45, 2.75) is 84.5 Å². The monoisotopic (exact) mass is 487 g/mol. The summed E-state index contributed by atoms with van der Waals surface area (Å²) in [6, 6.07) is 6.29. The van der Waals surface area contributed by atoms with Crippen molar-refractivity contribution in [3.8, 4) is 11.1 Å². The van der Waals surface area contributed by atoms with Gasteiger partial charge in [-0.15, -0.1) is 0 Å². The Kier molecular flexibility index (Phi) is 11.0. The Bertz CT molecular complexity index is 1000. The molecule has 0 aliphatic heterocycles. The smallest absolute Gasteiger partial charge is 0.305 e. The standard InChI is InChI=1S/C28H38FNO5/c1-6-13-35-16-24-26(19-7-9-20(29)10-8-19)23(27(17(2)3)30-28(24)18(4)5)12-11-21(31)14-22(32)15-25(33)34/h7-12,17-18,21-22,31-32H,6,13-16H2,1-5H3,(H,33,34). The molecule has 7 heteroatoms. The van der Waals surface area contributed by atoms with E-state index in [1.54, 1.807) is 24.3 Å². The minimum Gasteiger partial charge on any atom is -0.481 e. The lowest BCUT2D eigenvalue weighted by Crippen LogP contribution is -2.19. The topological polar surface area (TPSA) is 99.9 Å². The fourth-order valence-electron chi connectivity index (χ4n) is 4.02. The quantitative estimate of drug-likeness (QED) is 0.315. The normalized spacial score (nSPS) is 13.7. The Morgan fingerprint density at radius 3 is 2.26 bits per heavy atom. The van der Waals surface area contributed by atoms with E-state index >= 15 is 0 Å². The van der Waals surface area contributed by atoms with Gasteiger partial charge in [-0.2, -0.15) is 0 Å². The third-order valence-corrected chi connectivity index (χ3v) is 5.63. The van der Waals surface area contributed by atoms with Gasteiger partial charge >= 0.3 is 5.97 Å². The molecule has 0 radical (unpaired) electrons. The summed E-state index contributed by atoms with van der Waals surface area (Å²) in [7, 11) is 0. The van der Waals surface area contributed by atoms with Gasteiger partial charge in [-0.05, 0) is 41.5 Å². The summed E-state index contributed by atoms with van der Waals surface area (Å²) >= 11 is 0.